The van der Waals surface area contributed by atoms with Crippen molar-refractivity contribution in [1.29, 1.82) is 0 Å². The fourth-order valence-electron chi connectivity index (χ4n) is 1.17. The molecule has 0 amide bonds. The molecule has 2 aromatic rings. The Bertz CT molecular complexity index is 457. The van der Waals surface area contributed by atoms with Crippen molar-refractivity contribution in [2.75, 3.05) is 5.73 Å². The lowest BCUT2D eigenvalue weighted by Gasteiger charge is -2.02. The maximum atomic E-state index is 5.81. The Kier molecular flexibility index (Phi) is 2.45. The number of nitrogens with zero attached hydrogens (tertiary/aromatic N) is 2. The third-order valence-corrected chi connectivity index (χ3v) is 2.26. The molecule has 3 nitrogen and oxygen atoms in total. The fourth-order valence-corrected chi connectivity index (χ4v) is 1.45. The van der Waals surface area contributed by atoms with Gasteiger partial charge in [0, 0.05) is 17.4 Å². The van der Waals surface area contributed by atoms with Crippen LogP contribution < -0.4 is 5.73 Å². The molecule has 1 aromatic carbocycles. The second-order valence-electron chi connectivity index (χ2n) is 2.79. The number of nitrogens with two attached hydrogens (primary N) is 1. The van der Waals surface area contributed by atoms with Gasteiger partial charge in [-0.3, -0.25) is 0 Å². The minimum absolute atomic E-state index is 0.637. The molecule has 0 bridgehead atoms. The smallest absolute Gasteiger partial charge is 0.162 e. The van der Waals surface area contributed by atoms with Crippen molar-refractivity contribution < 1.29 is 0 Å². The Morgan fingerprint density at radius 1 is 1.14 bits per heavy atom. The molecular weight excluding hydrogens is 242 g/mol. The van der Waals surface area contributed by atoms with Gasteiger partial charge in [0.2, 0.25) is 0 Å². The SMILES string of the molecule is Nc1ccccc1-c1nccc(Br)n1. The molecule has 70 valence electrons. The van der Waals surface area contributed by atoms with Gasteiger partial charge in [-0.1, -0.05) is 12.1 Å². The van der Waals surface area contributed by atoms with Gasteiger partial charge < -0.3 is 5.73 Å². The summed E-state index contributed by atoms with van der Waals surface area (Å²) in [5.74, 6) is 0.637. The largest absolute Gasteiger partial charge is 0.398 e. The van der Waals surface area contributed by atoms with E-state index in [0.29, 0.717) is 11.5 Å². The molecule has 0 fully saturated rings. The van der Waals surface area contributed by atoms with E-state index in [1.165, 1.54) is 0 Å². The van der Waals surface area contributed by atoms with Gasteiger partial charge in [0.25, 0.3) is 0 Å². The Hall–Kier alpha value is -1.42. The molecule has 0 unspecified atom stereocenters. The fraction of sp³-hybridized carbons (Fsp3) is 0. The number of hydrogen-bond acceptors (Lipinski definition) is 3. The zero-order valence-electron chi connectivity index (χ0n) is 7.31. The van der Waals surface area contributed by atoms with Crippen LogP contribution in [0.2, 0.25) is 0 Å². The highest BCUT2D eigenvalue weighted by molar-refractivity contribution is 9.10. The molecule has 0 saturated heterocycles. The van der Waals surface area contributed by atoms with E-state index in [1.807, 2.05) is 24.3 Å². The van der Waals surface area contributed by atoms with Gasteiger partial charge in [-0.25, -0.2) is 9.97 Å². The van der Waals surface area contributed by atoms with Crippen molar-refractivity contribution in [3.8, 4) is 11.4 Å². The third kappa shape index (κ3) is 1.75. The molecule has 1 heterocycles. The molecule has 2 N–H and O–H groups in total. The molecule has 2 rings (SSSR count). The zero-order chi connectivity index (χ0) is 9.97. The Balaban J connectivity index is 2.55. The van der Waals surface area contributed by atoms with E-state index in [9.17, 15) is 0 Å². The molecule has 0 aliphatic carbocycles. The summed E-state index contributed by atoms with van der Waals surface area (Å²) in [6, 6.07) is 9.31. The molecule has 0 saturated carbocycles. The van der Waals surface area contributed by atoms with Gasteiger partial charge in [0.05, 0.1) is 0 Å². The number of para-hydroxylation sites is 1. The highest BCUT2D eigenvalue weighted by Crippen LogP contribution is 2.22. The monoisotopic (exact) mass is 249 g/mol. The highest BCUT2D eigenvalue weighted by Gasteiger charge is 2.04. The molecule has 0 aliphatic heterocycles. The molecule has 4 heteroatoms. The van der Waals surface area contributed by atoms with Gasteiger partial charge in [-0.15, -0.1) is 0 Å². The van der Waals surface area contributed by atoms with Crippen molar-refractivity contribution >= 4 is 21.6 Å². The topological polar surface area (TPSA) is 51.8 Å². The lowest BCUT2D eigenvalue weighted by Crippen LogP contribution is -1.93. The quantitative estimate of drug-likeness (QED) is 0.624. The van der Waals surface area contributed by atoms with Crippen LogP contribution in [0.5, 0.6) is 0 Å². The normalized spacial score (nSPS) is 10.1. The first-order chi connectivity index (χ1) is 6.77. The van der Waals surface area contributed by atoms with E-state index in [2.05, 4.69) is 25.9 Å². The van der Waals surface area contributed by atoms with E-state index >= 15 is 0 Å². The van der Waals surface area contributed by atoms with Crippen molar-refractivity contribution in [3.63, 3.8) is 0 Å². The maximum Gasteiger partial charge on any atom is 0.162 e. The minimum atomic E-state index is 0.637. The first-order valence-electron chi connectivity index (χ1n) is 4.11. The molecule has 14 heavy (non-hydrogen) atoms. The molecule has 1 aromatic heterocycles. The van der Waals surface area contributed by atoms with Crippen molar-refractivity contribution in [2.24, 2.45) is 0 Å². The van der Waals surface area contributed by atoms with E-state index < -0.39 is 0 Å². The van der Waals surface area contributed by atoms with Crippen LogP contribution in [0.1, 0.15) is 0 Å². The third-order valence-electron chi connectivity index (χ3n) is 1.82. The number of halogens is 1. The number of aromatic nitrogens is 2. The predicted octanol–water partition coefficient (Wildman–Crippen LogP) is 2.49. The van der Waals surface area contributed by atoms with E-state index in [1.54, 1.807) is 12.3 Å². The van der Waals surface area contributed by atoms with Gasteiger partial charge in [-0.2, -0.15) is 0 Å². The highest BCUT2D eigenvalue weighted by atomic mass is 79.9. The van der Waals surface area contributed by atoms with Crippen molar-refractivity contribution in [1.82, 2.24) is 9.97 Å². The van der Waals surface area contributed by atoms with Gasteiger partial charge in [0.15, 0.2) is 5.82 Å². The van der Waals surface area contributed by atoms with Crippen LogP contribution in [0, 0.1) is 0 Å². The average molecular weight is 250 g/mol. The van der Waals surface area contributed by atoms with Crippen LogP contribution in [0.4, 0.5) is 5.69 Å². The second-order valence-corrected chi connectivity index (χ2v) is 3.60. The predicted molar refractivity (Wildman–Crippen MR) is 59.6 cm³/mol. The van der Waals surface area contributed by atoms with Gasteiger partial charge >= 0.3 is 0 Å². The van der Waals surface area contributed by atoms with E-state index in [0.717, 1.165) is 10.2 Å². The zero-order valence-corrected chi connectivity index (χ0v) is 8.90. The maximum absolute atomic E-state index is 5.81. The van der Waals surface area contributed by atoms with Crippen LogP contribution in [-0.2, 0) is 0 Å². The summed E-state index contributed by atoms with van der Waals surface area (Å²) >= 11 is 3.29. The summed E-state index contributed by atoms with van der Waals surface area (Å²) in [6.07, 6.45) is 1.69. The number of nitrogen functional groups attached to an aromatic ring is 1. The van der Waals surface area contributed by atoms with Crippen LogP contribution in [0.15, 0.2) is 41.1 Å². The lowest BCUT2D eigenvalue weighted by atomic mass is 10.2. The van der Waals surface area contributed by atoms with Crippen LogP contribution in [-0.4, -0.2) is 9.97 Å². The average Bonchev–Trinajstić information content (AvgIpc) is 2.18. The Morgan fingerprint density at radius 3 is 2.64 bits per heavy atom. The van der Waals surface area contributed by atoms with Crippen molar-refractivity contribution in [3.05, 3.63) is 41.1 Å². The van der Waals surface area contributed by atoms with Gasteiger partial charge in [0.1, 0.15) is 4.60 Å². The Labute approximate surface area is 90.1 Å². The second kappa shape index (κ2) is 3.75. The van der Waals surface area contributed by atoms with Crippen LogP contribution >= 0.6 is 15.9 Å². The van der Waals surface area contributed by atoms with E-state index in [4.69, 9.17) is 5.73 Å². The number of anilines is 1. The molecule has 0 spiro atoms. The molecule has 0 aliphatic rings. The lowest BCUT2D eigenvalue weighted by molar-refractivity contribution is 1.15. The summed E-state index contributed by atoms with van der Waals surface area (Å²) in [6.45, 7) is 0. The summed E-state index contributed by atoms with van der Waals surface area (Å²) in [7, 11) is 0. The number of rotatable bonds is 1. The number of hydrogen-bond donors (Lipinski definition) is 1. The molecular formula is C10H8BrN3. The summed E-state index contributed by atoms with van der Waals surface area (Å²) in [5.41, 5.74) is 7.35. The van der Waals surface area contributed by atoms with Crippen LogP contribution in [0.25, 0.3) is 11.4 Å². The molecule has 0 radical (unpaired) electrons. The minimum Gasteiger partial charge on any atom is -0.398 e. The summed E-state index contributed by atoms with van der Waals surface area (Å²) in [4.78, 5) is 8.38. The molecule has 0 atom stereocenters. The first-order valence-corrected chi connectivity index (χ1v) is 4.90. The summed E-state index contributed by atoms with van der Waals surface area (Å²) < 4.78 is 0.755. The Morgan fingerprint density at radius 2 is 1.93 bits per heavy atom. The first kappa shape index (κ1) is 9.15. The van der Waals surface area contributed by atoms with Gasteiger partial charge in [-0.05, 0) is 34.1 Å². The van der Waals surface area contributed by atoms with Crippen molar-refractivity contribution in [2.45, 2.75) is 0 Å². The van der Waals surface area contributed by atoms with E-state index in [-0.39, 0.29) is 0 Å². The standard InChI is InChI=1S/C10H8BrN3/c11-9-5-6-13-10(14-9)7-3-1-2-4-8(7)12/h1-6H,12H2. The summed E-state index contributed by atoms with van der Waals surface area (Å²) in [5, 5.41) is 0. The number of benzene rings is 1. The van der Waals surface area contributed by atoms with Crippen LogP contribution in [0.3, 0.4) is 0 Å².